The van der Waals surface area contributed by atoms with Gasteiger partial charge in [0, 0.05) is 15.9 Å². The maximum atomic E-state index is 6.23. The van der Waals surface area contributed by atoms with E-state index in [1.54, 1.807) is 0 Å². The second-order valence-electron chi connectivity index (χ2n) is 3.19. The third-order valence-electron chi connectivity index (χ3n) is 2.21. The fourth-order valence-corrected chi connectivity index (χ4v) is 2.14. The quantitative estimate of drug-likeness (QED) is 0.671. The Morgan fingerprint density at radius 1 is 0.867 bits per heavy atom. The molecule has 1 unspecified atom stereocenters. The summed E-state index contributed by atoms with van der Waals surface area (Å²) in [4.78, 5) is 0. The Kier molecular flexibility index (Phi) is 3.31. The van der Waals surface area contributed by atoms with Crippen molar-refractivity contribution >= 4 is 37.7 Å². The van der Waals surface area contributed by atoms with Gasteiger partial charge in [0.1, 0.15) is 0 Å². The molecule has 2 aromatic rings. The minimum absolute atomic E-state index is 0.671. The van der Waals surface area contributed by atoms with Gasteiger partial charge in [0.05, 0.1) is 5.02 Å². The first kappa shape index (κ1) is 11.0. The van der Waals surface area contributed by atoms with E-state index in [1.165, 1.54) is 0 Å². The monoisotopic (exact) mass is 254 g/mol. The SMILES string of the molecule is Pc1c(Cl)ccc(-c2ccccc2)c1Cl. The second kappa shape index (κ2) is 4.53. The fourth-order valence-electron chi connectivity index (χ4n) is 1.41. The van der Waals surface area contributed by atoms with Crippen LogP contribution in [0.2, 0.25) is 10.0 Å². The zero-order valence-corrected chi connectivity index (χ0v) is 10.5. The molecule has 0 radical (unpaired) electrons. The van der Waals surface area contributed by atoms with Gasteiger partial charge in [-0.15, -0.1) is 9.24 Å². The van der Waals surface area contributed by atoms with Crippen LogP contribution in [-0.4, -0.2) is 0 Å². The summed E-state index contributed by atoms with van der Waals surface area (Å²) in [7, 11) is 2.57. The Hall–Kier alpha value is -0.550. The van der Waals surface area contributed by atoms with Gasteiger partial charge in [-0.3, -0.25) is 0 Å². The summed E-state index contributed by atoms with van der Waals surface area (Å²) in [6.07, 6.45) is 0. The van der Waals surface area contributed by atoms with Crippen LogP contribution in [0.1, 0.15) is 0 Å². The molecule has 0 saturated heterocycles. The van der Waals surface area contributed by atoms with Crippen LogP contribution in [0.5, 0.6) is 0 Å². The lowest BCUT2D eigenvalue weighted by Crippen LogP contribution is -1.96. The van der Waals surface area contributed by atoms with Gasteiger partial charge in [-0.2, -0.15) is 0 Å². The maximum absolute atomic E-state index is 6.23. The van der Waals surface area contributed by atoms with E-state index in [0.717, 1.165) is 16.4 Å². The van der Waals surface area contributed by atoms with Crippen molar-refractivity contribution in [1.82, 2.24) is 0 Å². The standard InChI is InChI=1S/C12H9Cl2P/c13-10-7-6-9(11(14)12(10)15)8-4-2-1-3-5-8/h1-7H,15H2. The molecule has 0 saturated carbocycles. The van der Waals surface area contributed by atoms with Crippen molar-refractivity contribution in [3.05, 3.63) is 52.5 Å². The van der Waals surface area contributed by atoms with Crippen molar-refractivity contribution < 1.29 is 0 Å². The molecule has 15 heavy (non-hydrogen) atoms. The summed E-state index contributed by atoms with van der Waals surface area (Å²) in [5, 5.41) is 2.21. The lowest BCUT2D eigenvalue weighted by molar-refractivity contribution is 1.64. The predicted octanol–water partition coefficient (Wildman–Crippen LogP) is 4.16. The molecule has 0 fully saturated rings. The largest absolute Gasteiger partial charge is 0.102 e. The van der Waals surface area contributed by atoms with Crippen LogP contribution >= 0.6 is 32.4 Å². The summed E-state index contributed by atoms with van der Waals surface area (Å²) < 4.78 is 0. The van der Waals surface area contributed by atoms with Crippen LogP contribution < -0.4 is 5.30 Å². The number of hydrogen-bond acceptors (Lipinski definition) is 0. The van der Waals surface area contributed by atoms with Crippen LogP contribution in [0.15, 0.2) is 42.5 Å². The lowest BCUT2D eigenvalue weighted by atomic mass is 10.1. The molecule has 0 aromatic heterocycles. The maximum Gasteiger partial charge on any atom is 0.0570 e. The van der Waals surface area contributed by atoms with Gasteiger partial charge in [-0.05, 0) is 11.6 Å². The summed E-state index contributed by atoms with van der Waals surface area (Å²) in [5.41, 5.74) is 2.11. The van der Waals surface area contributed by atoms with Gasteiger partial charge in [-0.25, -0.2) is 0 Å². The zero-order chi connectivity index (χ0) is 10.8. The van der Waals surface area contributed by atoms with Crippen LogP contribution in [0, 0.1) is 0 Å². The molecule has 2 rings (SSSR count). The molecule has 0 amide bonds. The third kappa shape index (κ3) is 2.18. The van der Waals surface area contributed by atoms with E-state index in [1.807, 2.05) is 42.5 Å². The van der Waals surface area contributed by atoms with E-state index in [2.05, 4.69) is 9.24 Å². The number of benzene rings is 2. The molecule has 0 heterocycles. The molecule has 1 atom stereocenters. The van der Waals surface area contributed by atoms with E-state index in [9.17, 15) is 0 Å². The van der Waals surface area contributed by atoms with Gasteiger partial charge >= 0.3 is 0 Å². The van der Waals surface area contributed by atoms with Crippen molar-refractivity contribution in [1.29, 1.82) is 0 Å². The van der Waals surface area contributed by atoms with E-state index >= 15 is 0 Å². The number of rotatable bonds is 1. The minimum atomic E-state index is 0.671. The molecule has 3 heteroatoms. The predicted molar refractivity (Wildman–Crippen MR) is 71.2 cm³/mol. The Balaban J connectivity index is 2.60. The highest BCUT2D eigenvalue weighted by molar-refractivity contribution is 7.28. The Bertz CT molecular complexity index is 480. The summed E-state index contributed by atoms with van der Waals surface area (Å²) in [6, 6.07) is 13.8. The molecule has 0 aliphatic rings. The van der Waals surface area contributed by atoms with Crippen LogP contribution in [0.3, 0.4) is 0 Å². The Labute approximate surface area is 101 Å². The van der Waals surface area contributed by atoms with Crippen molar-refractivity contribution in [3.63, 3.8) is 0 Å². The van der Waals surface area contributed by atoms with Gasteiger partial charge in [0.25, 0.3) is 0 Å². The number of halogens is 2. The van der Waals surface area contributed by atoms with E-state index in [0.29, 0.717) is 10.0 Å². The Morgan fingerprint density at radius 3 is 2.20 bits per heavy atom. The Morgan fingerprint density at radius 2 is 1.53 bits per heavy atom. The van der Waals surface area contributed by atoms with Crippen LogP contribution in [0.4, 0.5) is 0 Å². The summed E-state index contributed by atoms with van der Waals surface area (Å²) in [5.74, 6) is 0. The van der Waals surface area contributed by atoms with Gasteiger partial charge in [0.2, 0.25) is 0 Å². The molecule has 0 bridgehead atoms. The smallest absolute Gasteiger partial charge is 0.0570 e. The molecular weight excluding hydrogens is 246 g/mol. The first-order chi connectivity index (χ1) is 7.20. The topological polar surface area (TPSA) is 0 Å². The molecular formula is C12H9Cl2P. The average Bonchev–Trinajstić information content (AvgIpc) is 2.27. The fraction of sp³-hybridized carbons (Fsp3) is 0. The molecule has 2 aromatic carbocycles. The highest BCUT2D eigenvalue weighted by Gasteiger charge is 2.07. The highest BCUT2D eigenvalue weighted by Crippen LogP contribution is 2.29. The highest BCUT2D eigenvalue weighted by atomic mass is 35.5. The second-order valence-corrected chi connectivity index (χ2v) is 4.55. The minimum Gasteiger partial charge on any atom is -0.102 e. The van der Waals surface area contributed by atoms with Gasteiger partial charge in [0.15, 0.2) is 0 Å². The first-order valence-electron chi connectivity index (χ1n) is 4.49. The molecule has 0 aliphatic heterocycles. The van der Waals surface area contributed by atoms with Crippen molar-refractivity contribution in [2.45, 2.75) is 0 Å². The van der Waals surface area contributed by atoms with Crippen molar-refractivity contribution in [2.24, 2.45) is 0 Å². The molecule has 0 N–H and O–H groups in total. The van der Waals surface area contributed by atoms with Crippen molar-refractivity contribution in [2.75, 3.05) is 0 Å². The summed E-state index contributed by atoms with van der Waals surface area (Å²) >= 11 is 12.2. The molecule has 0 aliphatic carbocycles. The van der Waals surface area contributed by atoms with Gasteiger partial charge in [-0.1, -0.05) is 59.6 Å². The lowest BCUT2D eigenvalue weighted by Gasteiger charge is -2.08. The van der Waals surface area contributed by atoms with Crippen molar-refractivity contribution in [3.8, 4) is 11.1 Å². The first-order valence-corrected chi connectivity index (χ1v) is 5.82. The molecule has 0 nitrogen and oxygen atoms in total. The number of hydrogen-bond donors (Lipinski definition) is 0. The summed E-state index contributed by atoms with van der Waals surface area (Å²) in [6.45, 7) is 0. The zero-order valence-electron chi connectivity index (χ0n) is 7.87. The normalized spacial score (nSPS) is 10.3. The van der Waals surface area contributed by atoms with Gasteiger partial charge < -0.3 is 0 Å². The average molecular weight is 255 g/mol. The third-order valence-corrected chi connectivity index (χ3v) is 3.91. The van der Waals surface area contributed by atoms with E-state index in [4.69, 9.17) is 23.2 Å². The molecule has 0 spiro atoms. The molecule has 76 valence electrons. The van der Waals surface area contributed by atoms with E-state index < -0.39 is 0 Å². The van der Waals surface area contributed by atoms with Crippen LogP contribution in [-0.2, 0) is 0 Å². The van der Waals surface area contributed by atoms with E-state index in [-0.39, 0.29) is 0 Å². The van der Waals surface area contributed by atoms with Crippen LogP contribution in [0.25, 0.3) is 11.1 Å².